The van der Waals surface area contributed by atoms with Crippen LogP contribution in [0.4, 0.5) is 0 Å². The molecular weight excluding hydrogens is 224 g/mol. The van der Waals surface area contributed by atoms with Crippen molar-refractivity contribution < 1.29 is 9.53 Å². The maximum absolute atomic E-state index is 11.7. The van der Waals surface area contributed by atoms with Gasteiger partial charge in [0.1, 0.15) is 5.76 Å². The number of esters is 1. The second-order valence-electron chi connectivity index (χ2n) is 6.74. The Morgan fingerprint density at radius 2 is 1.94 bits per heavy atom. The summed E-state index contributed by atoms with van der Waals surface area (Å²) in [4.78, 5) is 11.7. The Bertz CT molecular complexity index is 379. The molecule has 3 aliphatic rings. The van der Waals surface area contributed by atoms with Gasteiger partial charge in [-0.2, -0.15) is 0 Å². The molecule has 2 nitrogen and oxygen atoms in total. The summed E-state index contributed by atoms with van der Waals surface area (Å²) in [6.45, 7) is 4.39. The molecule has 3 atom stereocenters. The summed E-state index contributed by atoms with van der Waals surface area (Å²) in [7, 11) is 0. The molecule has 1 saturated heterocycles. The van der Waals surface area contributed by atoms with E-state index in [9.17, 15) is 4.79 Å². The molecule has 18 heavy (non-hydrogen) atoms. The highest BCUT2D eigenvalue weighted by atomic mass is 16.5. The van der Waals surface area contributed by atoms with E-state index in [0.29, 0.717) is 5.92 Å². The van der Waals surface area contributed by atoms with Crippen LogP contribution in [0.5, 0.6) is 0 Å². The number of rotatable bonds is 1. The number of hydrogen-bond donors (Lipinski definition) is 0. The molecule has 0 aromatic heterocycles. The van der Waals surface area contributed by atoms with Gasteiger partial charge in [0.05, 0.1) is 5.92 Å². The largest absolute Gasteiger partial charge is 0.431 e. The van der Waals surface area contributed by atoms with Crippen molar-refractivity contribution in [3.8, 4) is 0 Å². The van der Waals surface area contributed by atoms with Crippen molar-refractivity contribution in [1.82, 2.24) is 0 Å². The van der Waals surface area contributed by atoms with Gasteiger partial charge in [0.15, 0.2) is 0 Å². The van der Waals surface area contributed by atoms with Crippen molar-refractivity contribution in [2.24, 2.45) is 23.2 Å². The van der Waals surface area contributed by atoms with E-state index in [1.807, 2.05) is 6.92 Å². The highest BCUT2D eigenvalue weighted by molar-refractivity contribution is 5.77. The molecule has 2 fully saturated rings. The number of carbonyl (C=O) groups excluding carboxylic acids is 1. The predicted octanol–water partition coefficient (Wildman–Crippen LogP) is 4.06. The Morgan fingerprint density at radius 3 is 2.67 bits per heavy atom. The molecule has 2 aliphatic carbocycles. The van der Waals surface area contributed by atoms with Crippen LogP contribution < -0.4 is 0 Å². The van der Waals surface area contributed by atoms with E-state index < -0.39 is 0 Å². The van der Waals surface area contributed by atoms with Gasteiger partial charge in [-0.3, -0.25) is 4.79 Å². The summed E-state index contributed by atoms with van der Waals surface area (Å²) in [5.41, 5.74) is 0.274. The lowest BCUT2D eigenvalue weighted by Gasteiger charge is -2.41. The van der Waals surface area contributed by atoms with Crippen LogP contribution in [0.25, 0.3) is 0 Å². The summed E-state index contributed by atoms with van der Waals surface area (Å²) in [6.07, 6.45) is 11.5. The first-order valence-corrected chi connectivity index (χ1v) is 7.54. The van der Waals surface area contributed by atoms with Crippen molar-refractivity contribution in [3.05, 3.63) is 11.8 Å². The number of carbonyl (C=O) groups is 1. The van der Waals surface area contributed by atoms with Crippen molar-refractivity contribution in [2.75, 3.05) is 0 Å². The Hall–Kier alpha value is -0.790. The quantitative estimate of drug-likeness (QED) is 0.654. The molecule has 1 saturated carbocycles. The molecule has 0 bridgehead atoms. The van der Waals surface area contributed by atoms with Gasteiger partial charge in [0.25, 0.3) is 0 Å². The van der Waals surface area contributed by atoms with E-state index in [4.69, 9.17) is 4.74 Å². The number of fused-ring (bicyclic) bond motifs is 1. The Balaban J connectivity index is 1.83. The lowest BCUT2D eigenvalue weighted by molar-refractivity contribution is -0.138. The molecule has 0 N–H and O–H groups in total. The van der Waals surface area contributed by atoms with Crippen LogP contribution in [0.1, 0.15) is 58.8 Å². The zero-order valence-corrected chi connectivity index (χ0v) is 11.6. The van der Waals surface area contributed by atoms with Crippen molar-refractivity contribution in [3.63, 3.8) is 0 Å². The first kappa shape index (κ1) is 12.3. The zero-order chi connectivity index (χ0) is 12.8. The molecule has 0 aromatic rings. The van der Waals surface area contributed by atoms with E-state index in [0.717, 1.165) is 18.1 Å². The van der Waals surface area contributed by atoms with Crippen LogP contribution in [-0.2, 0) is 9.53 Å². The van der Waals surface area contributed by atoms with E-state index >= 15 is 0 Å². The average molecular weight is 248 g/mol. The topological polar surface area (TPSA) is 26.3 Å². The fourth-order valence-corrected chi connectivity index (χ4v) is 4.17. The van der Waals surface area contributed by atoms with Crippen molar-refractivity contribution in [1.29, 1.82) is 0 Å². The van der Waals surface area contributed by atoms with Gasteiger partial charge in [0, 0.05) is 5.92 Å². The monoisotopic (exact) mass is 248 g/mol. The van der Waals surface area contributed by atoms with Crippen LogP contribution in [0, 0.1) is 23.2 Å². The lowest BCUT2D eigenvalue weighted by Crippen LogP contribution is -2.32. The first-order valence-electron chi connectivity index (χ1n) is 7.54. The van der Waals surface area contributed by atoms with Crippen LogP contribution >= 0.6 is 0 Å². The molecule has 1 aliphatic heterocycles. The minimum atomic E-state index is -0.0147. The standard InChI is InChI=1S/C16H24O2/c1-11-13-8-9-16(2,10-14(13)18-15(11)17)12-6-4-3-5-7-12/h10-13H,3-9H2,1-2H3. The Labute approximate surface area is 110 Å². The fourth-order valence-electron chi connectivity index (χ4n) is 4.17. The number of allylic oxidation sites excluding steroid dienone is 2. The van der Waals surface area contributed by atoms with E-state index in [1.54, 1.807) is 0 Å². The SMILES string of the molecule is CC1C(=O)OC2=CC(C)(C3CCCCC3)CCC21. The molecule has 0 spiro atoms. The van der Waals surface area contributed by atoms with Gasteiger partial charge in [-0.05, 0) is 43.1 Å². The molecule has 1 heterocycles. The van der Waals surface area contributed by atoms with E-state index in [1.165, 1.54) is 38.5 Å². The van der Waals surface area contributed by atoms with Crippen LogP contribution in [0.3, 0.4) is 0 Å². The third-order valence-electron chi connectivity index (χ3n) is 5.56. The third kappa shape index (κ3) is 1.90. The normalized spacial score (nSPS) is 41.2. The molecule has 2 heteroatoms. The zero-order valence-electron chi connectivity index (χ0n) is 11.6. The van der Waals surface area contributed by atoms with E-state index in [-0.39, 0.29) is 17.3 Å². The highest BCUT2D eigenvalue weighted by Gasteiger charge is 2.45. The summed E-state index contributed by atoms with van der Waals surface area (Å²) in [5, 5.41) is 0. The van der Waals surface area contributed by atoms with Crippen LogP contribution in [0.15, 0.2) is 11.8 Å². The van der Waals surface area contributed by atoms with Crippen molar-refractivity contribution >= 4 is 5.97 Å². The highest BCUT2D eigenvalue weighted by Crippen LogP contribution is 2.51. The molecule has 3 rings (SSSR count). The minimum absolute atomic E-state index is 0.0147. The summed E-state index contributed by atoms with van der Waals surface area (Å²) >= 11 is 0. The van der Waals surface area contributed by atoms with Crippen molar-refractivity contribution in [2.45, 2.75) is 58.8 Å². The first-order chi connectivity index (χ1) is 8.60. The van der Waals surface area contributed by atoms with Crippen LogP contribution in [-0.4, -0.2) is 5.97 Å². The molecule has 100 valence electrons. The molecular formula is C16H24O2. The fraction of sp³-hybridized carbons (Fsp3) is 0.812. The predicted molar refractivity (Wildman–Crippen MR) is 70.7 cm³/mol. The maximum Gasteiger partial charge on any atom is 0.314 e. The number of hydrogen-bond acceptors (Lipinski definition) is 2. The van der Waals surface area contributed by atoms with E-state index in [2.05, 4.69) is 13.0 Å². The number of ether oxygens (including phenoxy) is 1. The molecule has 0 radical (unpaired) electrons. The maximum atomic E-state index is 11.7. The minimum Gasteiger partial charge on any atom is -0.431 e. The molecule has 3 unspecified atom stereocenters. The smallest absolute Gasteiger partial charge is 0.314 e. The lowest BCUT2D eigenvalue weighted by atomic mass is 9.63. The van der Waals surface area contributed by atoms with Gasteiger partial charge in [0.2, 0.25) is 0 Å². The average Bonchev–Trinajstić information content (AvgIpc) is 2.65. The Kier molecular flexibility index (Phi) is 2.99. The van der Waals surface area contributed by atoms with Gasteiger partial charge < -0.3 is 4.74 Å². The molecule has 0 amide bonds. The second-order valence-corrected chi connectivity index (χ2v) is 6.74. The van der Waals surface area contributed by atoms with Crippen LogP contribution in [0.2, 0.25) is 0 Å². The van der Waals surface area contributed by atoms with Gasteiger partial charge in [-0.15, -0.1) is 0 Å². The molecule has 0 aromatic carbocycles. The third-order valence-corrected chi connectivity index (χ3v) is 5.56. The summed E-state index contributed by atoms with van der Waals surface area (Å²) < 4.78 is 5.49. The summed E-state index contributed by atoms with van der Waals surface area (Å²) in [5.74, 6) is 2.22. The van der Waals surface area contributed by atoms with Gasteiger partial charge in [-0.1, -0.05) is 33.1 Å². The van der Waals surface area contributed by atoms with Gasteiger partial charge >= 0.3 is 5.97 Å². The summed E-state index contributed by atoms with van der Waals surface area (Å²) in [6, 6.07) is 0. The van der Waals surface area contributed by atoms with Gasteiger partial charge in [-0.25, -0.2) is 0 Å². The second kappa shape index (κ2) is 4.40. The Morgan fingerprint density at radius 1 is 1.22 bits per heavy atom.